The number of anilines is 1. The largest absolute Gasteiger partial charge is 0.453 e. The highest BCUT2D eigenvalue weighted by molar-refractivity contribution is 5.98. The van der Waals surface area contributed by atoms with Gasteiger partial charge in [-0.25, -0.2) is 4.98 Å². The monoisotopic (exact) mass is 418 g/mol. The van der Waals surface area contributed by atoms with Crippen LogP contribution in [0.15, 0.2) is 59.1 Å². The molecule has 0 aliphatic carbocycles. The predicted molar refractivity (Wildman–Crippen MR) is 118 cm³/mol. The number of esters is 1. The van der Waals surface area contributed by atoms with Gasteiger partial charge in [-0.2, -0.15) is 0 Å². The van der Waals surface area contributed by atoms with Gasteiger partial charge in [0, 0.05) is 24.2 Å². The Morgan fingerprint density at radius 3 is 2.74 bits per heavy atom. The minimum Gasteiger partial charge on any atom is -0.453 e. The van der Waals surface area contributed by atoms with Crippen LogP contribution in [0.1, 0.15) is 36.8 Å². The van der Waals surface area contributed by atoms with Crippen LogP contribution in [0.25, 0.3) is 11.3 Å². The molecule has 1 aromatic heterocycles. The summed E-state index contributed by atoms with van der Waals surface area (Å²) in [5.74, 6) is 0.492. The van der Waals surface area contributed by atoms with Gasteiger partial charge >= 0.3 is 5.97 Å². The molecule has 0 spiro atoms. The molecule has 0 N–H and O–H groups in total. The van der Waals surface area contributed by atoms with Gasteiger partial charge in [-0.1, -0.05) is 48.0 Å². The Bertz CT molecular complexity index is 1070. The molecule has 0 saturated carbocycles. The third kappa shape index (κ3) is 4.85. The summed E-state index contributed by atoms with van der Waals surface area (Å²) < 4.78 is 11.2. The van der Waals surface area contributed by atoms with E-state index < -0.39 is 12.1 Å². The maximum atomic E-state index is 12.9. The SMILES string of the molecule is Cc1ccc(-c2cnc(CCC(=O)OC(C)C(=O)N3CCCc4ccccc43)o2)cc1. The van der Waals surface area contributed by atoms with Gasteiger partial charge in [0.1, 0.15) is 0 Å². The molecule has 4 rings (SSSR count). The second-order valence-corrected chi connectivity index (χ2v) is 7.84. The molecule has 2 aromatic carbocycles. The quantitative estimate of drug-likeness (QED) is 0.552. The molecule has 6 nitrogen and oxygen atoms in total. The maximum absolute atomic E-state index is 12.9. The molecular weight excluding hydrogens is 392 g/mol. The van der Waals surface area contributed by atoms with Gasteiger partial charge in [0.05, 0.1) is 12.6 Å². The number of oxazole rings is 1. The van der Waals surface area contributed by atoms with Crippen LogP contribution >= 0.6 is 0 Å². The van der Waals surface area contributed by atoms with Crippen LogP contribution in [-0.4, -0.2) is 29.5 Å². The first-order valence-corrected chi connectivity index (χ1v) is 10.6. The minimum atomic E-state index is -0.841. The van der Waals surface area contributed by atoms with Crippen molar-refractivity contribution in [3.8, 4) is 11.3 Å². The fourth-order valence-electron chi connectivity index (χ4n) is 3.77. The van der Waals surface area contributed by atoms with Crippen LogP contribution < -0.4 is 4.90 Å². The number of fused-ring (bicyclic) bond motifs is 1. The number of rotatable bonds is 6. The van der Waals surface area contributed by atoms with E-state index in [1.165, 1.54) is 5.56 Å². The molecule has 6 heteroatoms. The summed E-state index contributed by atoms with van der Waals surface area (Å²) >= 11 is 0. The van der Waals surface area contributed by atoms with Gasteiger partial charge in [0.25, 0.3) is 5.91 Å². The third-order valence-corrected chi connectivity index (χ3v) is 5.46. The number of hydrogen-bond donors (Lipinski definition) is 0. The third-order valence-electron chi connectivity index (χ3n) is 5.46. The predicted octanol–water partition coefficient (Wildman–Crippen LogP) is 4.49. The molecule has 1 aliphatic heterocycles. The van der Waals surface area contributed by atoms with Crippen molar-refractivity contribution in [3.05, 3.63) is 71.7 Å². The Kier molecular flexibility index (Phi) is 6.16. The first kappa shape index (κ1) is 20.8. The number of carbonyl (C=O) groups is 2. The topological polar surface area (TPSA) is 72.6 Å². The van der Waals surface area contributed by atoms with E-state index in [0.717, 1.165) is 29.7 Å². The lowest BCUT2D eigenvalue weighted by atomic mass is 10.0. The number of aromatic nitrogens is 1. The van der Waals surface area contributed by atoms with Crippen LogP contribution in [0.3, 0.4) is 0 Å². The number of carbonyl (C=O) groups excluding carboxylic acids is 2. The van der Waals surface area contributed by atoms with Crippen LogP contribution in [-0.2, 0) is 27.2 Å². The number of ether oxygens (including phenoxy) is 1. The highest BCUT2D eigenvalue weighted by Gasteiger charge is 2.28. The average Bonchev–Trinajstić information content (AvgIpc) is 3.26. The van der Waals surface area contributed by atoms with Crippen molar-refractivity contribution in [3.63, 3.8) is 0 Å². The van der Waals surface area contributed by atoms with Crippen molar-refractivity contribution < 1.29 is 18.7 Å². The van der Waals surface area contributed by atoms with Gasteiger partial charge in [-0.05, 0) is 38.3 Å². The zero-order valence-corrected chi connectivity index (χ0v) is 17.8. The lowest BCUT2D eigenvalue weighted by Crippen LogP contribution is -2.42. The molecule has 160 valence electrons. The Morgan fingerprint density at radius 1 is 1.16 bits per heavy atom. The molecule has 2 heterocycles. The van der Waals surface area contributed by atoms with Crippen molar-refractivity contribution in [1.29, 1.82) is 0 Å². The number of aryl methyl sites for hydroxylation is 3. The summed E-state index contributed by atoms with van der Waals surface area (Å²) in [6, 6.07) is 15.8. The molecule has 1 atom stereocenters. The number of hydrogen-bond acceptors (Lipinski definition) is 5. The van der Waals surface area contributed by atoms with Crippen molar-refractivity contribution in [2.75, 3.05) is 11.4 Å². The molecule has 3 aromatic rings. The van der Waals surface area contributed by atoms with Gasteiger partial charge in [0.15, 0.2) is 17.8 Å². The first-order chi connectivity index (χ1) is 15.0. The fourth-order valence-corrected chi connectivity index (χ4v) is 3.77. The lowest BCUT2D eigenvalue weighted by molar-refractivity contribution is -0.153. The van der Waals surface area contributed by atoms with E-state index in [9.17, 15) is 9.59 Å². The number of benzene rings is 2. The number of amides is 1. The van der Waals surface area contributed by atoms with E-state index in [1.807, 2.05) is 55.5 Å². The van der Waals surface area contributed by atoms with Crippen LogP contribution in [0, 0.1) is 6.92 Å². The van der Waals surface area contributed by atoms with E-state index in [0.29, 0.717) is 24.6 Å². The normalized spacial score (nSPS) is 14.1. The second kappa shape index (κ2) is 9.16. The zero-order valence-electron chi connectivity index (χ0n) is 17.8. The molecular formula is C25H26N2O4. The Morgan fingerprint density at radius 2 is 1.94 bits per heavy atom. The summed E-state index contributed by atoms with van der Waals surface area (Å²) in [6.45, 7) is 4.28. The number of para-hydroxylation sites is 1. The summed E-state index contributed by atoms with van der Waals surface area (Å²) in [4.78, 5) is 31.2. The van der Waals surface area contributed by atoms with Gasteiger partial charge in [-0.3, -0.25) is 9.59 Å². The average molecular weight is 418 g/mol. The maximum Gasteiger partial charge on any atom is 0.307 e. The molecule has 0 saturated heterocycles. The van der Waals surface area contributed by atoms with E-state index in [-0.39, 0.29) is 12.3 Å². The van der Waals surface area contributed by atoms with Crippen molar-refractivity contribution in [1.82, 2.24) is 4.98 Å². The molecule has 31 heavy (non-hydrogen) atoms. The van der Waals surface area contributed by atoms with Crippen molar-refractivity contribution >= 4 is 17.6 Å². The van der Waals surface area contributed by atoms with Crippen LogP contribution in [0.5, 0.6) is 0 Å². The van der Waals surface area contributed by atoms with Gasteiger partial charge in [0.2, 0.25) is 0 Å². The second-order valence-electron chi connectivity index (χ2n) is 7.84. The summed E-state index contributed by atoms with van der Waals surface area (Å²) in [7, 11) is 0. The van der Waals surface area contributed by atoms with Gasteiger partial charge in [-0.15, -0.1) is 0 Å². The Hall–Kier alpha value is -3.41. The molecule has 1 aliphatic rings. The Labute approximate surface area is 181 Å². The van der Waals surface area contributed by atoms with E-state index >= 15 is 0 Å². The van der Waals surface area contributed by atoms with Crippen LogP contribution in [0.4, 0.5) is 5.69 Å². The zero-order chi connectivity index (χ0) is 21.8. The van der Waals surface area contributed by atoms with E-state index in [1.54, 1.807) is 18.0 Å². The molecule has 1 unspecified atom stereocenters. The first-order valence-electron chi connectivity index (χ1n) is 10.6. The summed E-state index contributed by atoms with van der Waals surface area (Å²) in [5.41, 5.74) is 4.16. The van der Waals surface area contributed by atoms with Crippen molar-refractivity contribution in [2.45, 2.75) is 45.6 Å². The van der Waals surface area contributed by atoms with Gasteiger partial charge < -0.3 is 14.1 Å². The van der Waals surface area contributed by atoms with E-state index in [2.05, 4.69) is 4.98 Å². The lowest BCUT2D eigenvalue weighted by Gasteiger charge is -2.31. The summed E-state index contributed by atoms with van der Waals surface area (Å²) in [6.07, 6.45) is 3.09. The highest BCUT2D eigenvalue weighted by Crippen LogP contribution is 2.27. The van der Waals surface area contributed by atoms with Crippen molar-refractivity contribution in [2.24, 2.45) is 0 Å². The highest BCUT2D eigenvalue weighted by atomic mass is 16.5. The molecule has 1 amide bonds. The molecule has 0 radical (unpaired) electrons. The summed E-state index contributed by atoms with van der Waals surface area (Å²) in [5, 5.41) is 0. The van der Waals surface area contributed by atoms with E-state index in [4.69, 9.17) is 9.15 Å². The smallest absolute Gasteiger partial charge is 0.307 e. The number of nitrogens with zero attached hydrogens (tertiary/aromatic N) is 2. The molecule has 0 fully saturated rings. The standard InChI is InChI=1S/C25H26N2O4/c1-17-9-11-20(12-10-17)22-16-26-23(31-22)13-14-24(28)30-18(2)25(29)27-15-5-7-19-6-3-4-8-21(19)27/h3-4,6,8-12,16,18H,5,7,13-15H2,1-2H3. The molecule has 0 bridgehead atoms. The van der Waals surface area contributed by atoms with Crippen LogP contribution in [0.2, 0.25) is 0 Å². The fraction of sp³-hybridized carbons (Fsp3) is 0.320. The Balaban J connectivity index is 1.31. The minimum absolute atomic E-state index is 0.0993.